The molecular weight excluding hydrogens is 692 g/mol. The number of halogens is 1. The molecule has 0 bridgehead atoms. The Morgan fingerprint density at radius 3 is 1.77 bits per heavy atom. The summed E-state index contributed by atoms with van der Waals surface area (Å²) in [5, 5.41) is 11.0. The molecule has 1 N–H and O–H groups in total. The highest BCUT2D eigenvalue weighted by atomic mass is 79.9. The smallest absolute Gasteiger partial charge is 0.303 e. The maximum absolute atomic E-state index is 12.5. The second-order valence-electron chi connectivity index (χ2n) is 13.6. The van der Waals surface area contributed by atoms with Gasteiger partial charge in [0.2, 0.25) is 0 Å². The monoisotopic (exact) mass is 736 g/mol. The van der Waals surface area contributed by atoms with E-state index in [1.54, 1.807) is 0 Å². The second-order valence-corrected chi connectivity index (χ2v) is 15.6. The van der Waals surface area contributed by atoms with Crippen molar-refractivity contribution in [2.45, 2.75) is 115 Å². The minimum Gasteiger partial charge on any atom is -0.507 e. The minimum absolute atomic E-state index is 0.219. The van der Waals surface area contributed by atoms with Crippen LogP contribution in [0.5, 0.6) is 5.75 Å². The molecule has 2 aromatic carbocycles. The Bertz CT molecular complexity index is 1440. The van der Waals surface area contributed by atoms with E-state index in [1.807, 2.05) is 77.9 Å². The summed E-state index contributed by atoms with van der Waals surface area (Å²) in [5.41, 5.74) is 1.34. The largest absolute Gasteiger partial charge is 0.507 e. The maximum atomic E-state index is 12.5. The van der Waals surface area contributed by atoms with Crippen molar-refractivity contribution >= 4 is 51.6 Å². The summed E-state index contributed by atoms with van der Waals surface area (Å²) in [6, 6.07) is 11.6. The fraction of sp³-hybridized carbons (Fsp3) is 0.543. The van der Waals surface area contributed by atoms with E-state index in [4.69, 9.17) is 23.7 Å². The number of carbonyl (C=O) groups is 4. The molecule has 0 radical (unpaired) electrons. The average Bonchev–Trinajstić information content (AvgIpc) is 2.92. The predicted molar refractivity (Wildman–Crippen MR) is 181 cm³/mol. The average molecular weight is 738 g/mol. The van der Waals surface area contributed by atoms with Gasteiger partial charge in [0.1, 0.15) is 23.9 Å². The maximum Gasteiger partial charge on any atom is 0.303 e. The van der Waals surface area contributed by atoms with Gasteiger partial charge in [-0.15, -0.1) is 11.8 Å². The van der Waals surface area contributed by atoms with Crippen LogP contribution in [-0.4, -0.2) is 65.4 Å². The van der Waals surface area contributed by atoms with E-state index in [1.165, 1.54) is 39.5 Å². The lowest BCUT2D eigenvalue weighted by Gasteiger charge is -2.45. The summed E-state index contributed by atoms with van der Waals surface area (Å²) in [6.07, 6.45) is -4.86. The summed E-state index contributed by atoms with van der Waals surface area (Å²) >= 11 is 4.99. The van der Waals surface area contributed by atoms with Crippen LogP contribution in [0.4, 0.5) is 0 Å². The van der Waals surface area contributed by atoms with Crippen LogP contribution in [-0.2, 0) is 53.7 Å². The number of hydrogen-bond acceptors (Lipinski definition) is 11. The third-order valence-electron chi connectivity index (χ3n) is 7.46. The van der Waals surface area contributed by atoms with Crippen LogP contribution in [0.1, 0.15) is 96.7 Å². The minimum atomic E-state index is -1.29. The molecule has 0 saturated carbocycles. The van der Waals surface area contributed by atoms with Gasteiger partial charge < -0.3 is 28.8 Å². The van der Waals surface area contributed by atoms with Gasteiger partial charge in [-0.3, -0.25) is 19.2 Å². The van der Waals surface area contributed by atoms with Gasteiger partial charge in [-0.25, -0.2) is 0 Å². The number of thioether (sulfide) groups is 1. The number of rotatable bonds is 9. The third kappa shape index (κ3) is 9.96. The highest BCUT2D eigenvalue weighted by Gasteiger charge is 2.53. The standard InChI is InChI=1S/C35H45BrO10S/c1-18(37)42-17-27-29(43-19(2)38)30(44-20(3)39)31(45-21(4)40)33(46-27)47-32(23-13-11-12-14-26(23)36)22-15-24(34(5,6)7)28(41)25(16-22)35(8,9)10/h11-16,27,29-33,41H,17H2,1-10H3/t27?,29-,30?,31?,32+,33+/m1/s1. The molecular formula is C35H45BrO10S. The summed E-state index contributed by atoms with van der Waals surface area (Å²) in [4.78, 5) is 48.9. The molecule has 2 aromatic rings. The van der Waals surface area contributed by atoms with E-state index < -0.39 is 69.8 Å². The zero-order valence-electron chi connectivity index (χ0n) is 28.5. The Hall–Kier alpha value is -3.09. The van der Waals surface area contributed by atoms with Gasteiger partial charge in [0, 0.05) is 32.2 Å². The number of ether oxygens (including phenoxy) is 5. The Kier molecular flexibility index (Phi) is 12.6. The Morgan fingerprint density at radius 2 is 1.30 bits per heavy atom. The molecule has 3 unspecified atom stereocenters. The first-order chi connectivity index (χ1) is 21.7. The van der Waals surface area contributed by atoms with E-state index in [2.05, 4.69) is 15.9 Å². The van der Waals surface area contributed by atoms with Crippen molar-refractivity contribution in [2.75, 3.05) is 6.61 Å². The molecule has 1 fully saturated rings. The van der Waals surface area contributed by atoms with Crippen LogP contribution < -0.4 is 0 Å². The zero-order valence-corrected chi connectivity index (χ0v) is 30.9. The SMILES string of the molecule is CC(=O)OCC1O[C@@H](S[C@@H](c2cc(C(C)(C)C)c(O)c(C(C)(C)C)c2)c2ccccc2Br)C(OC(C)=O)C(OC(C)=O)[C@@H]1OC(C)=O. The Labute approximate surface area is 289 Å². The summed E-state index contributed by atoms with van der Waals surface area (Å²) in [6.45, 7) is 16.7. The fourth-order valence-electron chi connectivity index (χ4n) is 5.40. The van der Waals surface area contributed by atoms with Crippen molar-refractivity contribution in [3.63, 3.8) is 0 Å². The Morgan fingerprint density at radius 1 is 0.809 bits per heavy atom. The molecule has 1 aliphatic rings. The van der Waals surface area contributed by atoms with Crippen LogP contribution in [0.2, 0.25) is 0 Å². The van der Waals surface area contributed by atoms with Gasteiger partial charge in [-0.1, -0.05) is 87.8 Å². The van der Waals surface area contributed by atoms with Gasteiger partial charge in [0.05, 0.1) is 5.25 Å². The van der Waals surface area contributed by atoms with Crippen molar-refractivity contribution in [1.82, 2.24) is 0 Å². The van der Waals surface area contributed by atoms with Gasteiger partial charge in [0.25, 0.3) is 0 Å². The van der Waals surface area contributed by atoms with Gasteiger partial charge in [-0.2, -0.15) is 0 Å². The first-order valence-corrected chi connectivity index (χ1v) is 17.0. The number of esters is 4. The number of hydrogen-bond donors (Lipinski definition) is 1. The molecule has 0 aliphatic carbocycles. The van der Waals surface area contributed by atoms with Crippen molar-refractivity contribution < 1.29 is 48.0 Å². The zero-order chi connectivity index (χ0) is 35.4. The van der Waals surface area contributed by atoms with Crippen LogP contribution in [0.25, 0.3) is 0 Å². The molecule has 10 nitrogen and oxygen atoms in total. The lowest BCUT2D eigenvalue weighted by Crippen LogP contribution is -2.61. The number of carbonyl (C=O) groups excluding carboxylic acids is 4. The Balaban J connectivity index is 2.30. The topological polar surface area (TPSA) is 135 Å². The highest BCUT2D eigenvalue weighted by Crippen LogP contribution is 2.49. The third-order valence-corrected chi connectivity index (χ3v) is 9.63. The first kappa shape index (κ1) is 38.4. The van der Waals surface area contributed by atoms with E-state index in [-0.39, 0.29) is 12.4 Å². The van der Waals surface area contributed by atoms with Crippen molar-refractivity contribution in [3.8, 4) is 5.75 Å². The van der Waals surface area contributed by atoms with E-state index in [0.29, 0.717) is 0 Å². The summed E-state index contributed by atoms with van der Waals surface area (Å²) in [5.74, 6) is -2.45. The normalized spacial score (nSPS) is 22.1. The van der Waals surface area contributed by atoms with E-state index >= 15 is 0 Å². The number of phenols is 1. The lowest BCUT2D eigenvalue weighted by atomic mass is 9.78. The van der Waals surface area contributed by atoms with Gasteiger partial charge >= 0.3 is 23.9 Å². The summed E-state index contributed by atoms with van der Waals surface area (Å²) < 4.78 is 29.6. The molecule has 1 saturated heterocycles. The lowest BCUT2D eigenvalue weighted by molar-refractivity contribution is -0.237. The molecule has 258 valence electrons. The van der Waals surface area contributed by atoms with Crippen LogP contribution in [0.15, 0.2) is 40.9 Å². The molecule has 12 heteroatoms. The van der Waals surface area contributed by atoms with Crippen LogP contribution in [0.3, 0.4) is 0 Å². The number of benzene rings is 2. The van der Waals surface area contributed by atoms with Crippen LogP contribution in [0, 0.1) is 0 Å². The van der Waals surface area contributed by atoms with Gasteiger partial charge in [0.15, 0.2) is 18.3 Å². The number of aromatic hydroxyl groups is 1. The molecule has 0 amide bonds. The fourth-order valence-corrected chi connectivity index (χ4v) is 7.55. The quantitative estimate of drug-likeness (QED) is 0.219. The summed E-state index contributed by atoms with van der Waals surface area (Å²) in [7, 11) is 0. The van der Waals surface area contributed by atoms with Crippen molar-refractivity contribution in [3.05, 3.63) is 63.1 Å². The van der Waals surface area contributed by atoms with Crippen molar-refractivity contribution in [2.24, 2.45) is 0 Å². The van der Waals surface area contributed by atoms with E-state index in [0.717, 1.165) is 26.7 Å². The molecule has 6 atom stereocenters. The molecule has 1 heterocycles. The second kappa shape index (κ2) is 15.4. The highest BCUT2D eigenvalue weighted by molar-refractivity contribution is 9.10. The molecule has 0 aromatic heterocycles. The predicted octanol–water partition coefficient (Wildman–Crippen LogP) is 6.66. The number of phenolic OH excluding ortho intramolecular Hbond substituents is 1. The van der Waals surface area contributed by atoms with E-state index in [9.17, 15) is 24.3 Å². The molecule has 0 spiro atoms. The van der Waals surface area contributed by atoms with Crippen molar-refractivity contribution in [1.29, 1.82) is 0 Å². The molecule has 3 rings (SSSR count). The first-order valence-electron chi connectivity index (χ1n) is 15.3. The molecule has 1 aliphatic heterocycles. The molecule has 47 heavy (non-hydrogen) atoms. The van der Waals surface area contributed by atoms with Crippen LogP contribution >= 0.6 is 27.7 Å². The van der Waals surface area contributed by atoms with Gasteiger partial charge in [-0.05, 0) is 39.2 Å².